The molecule has 1 saturated heterocycles. The van der Waals surface area contributed by atoms with Crippen LogP contribution in [0.25, 0.3) is 0 Å². The second-order valence-corrected chi connectivity index (χ2v) is 6.91. The number of guanidine groups is 1. The highest BCUT2D eigenvalue weighted by molar-refractivity contribution is 5.79. The topological polar surface area (TPSA) is 48.9 Å². The molecule has 0 bridgehead atoms. The fourth-order valence-electron chi connectivity index (χ4n) is 3.20. The molecule has 0 amide bonds. The fraction of sp³-hybridized carbons (Fsp3) is 0.650. The van der Waals surface area contributed by atoms with Gasteiger partial charge < -0.3 is 20.3 Å². The number of nitrogens with zero attached hydrogens (tertiary/aromatic N) is 2. The summed E-state index contributed by atoms with van der Waals surface area (Å²) in [7, 11) is 0. The number of likely N-dealkylation sites (tertiary alicyclic amines) is 1. The lowest BCUT2D eigenvalue weighted by molar-refractivity contribution is 0.220. The van der Waals surface area contributed by atoms with E-state index >= 15 is 0 Å². The Balaban J connectivity index is 1.79. The molecule has 6 heteroatoms. The van der Waals surface area contributed by atoms with Crippen molar-refractivity contribution < 1.29 is 9.13 Å². The van der Waals surface area contributed by atoms with E-state index in [4.69, 9.17) is 4.74 Å². The second-order valence-electron chi connectivity index (χ2n) is 6.91. The molecule has 0 radical (unpaired) electrons. The zero-order valence-electron chi connectivity index (χ0n) is 16.3. The van der Waals surface area contributed by atoms with Gasteiger partial charge in [-0.2, -0.15) is 0 Å². The highest BCUT2D eigenvalue weighted by Crippen LogP contribution is 2.17. The molecule has 2 rings (SSSR count). The largest absolute Gasteiger partial charge is 0.486 e. The Morgan fingerprint density at radius 3 is 2.88 bits per heavy atom. The van der Waals surface area contributed by atoms with E-state index in [0.717, 1.165) is 25.6 Å². The van der Waals surface area contributed by atoms with Crippen LogP contribution < -0.4 is 15.4 Å². The molecule has 26 heavy (non-hydrogen) atoms. The van der Waals surface area contributed by atoms with Crippen LogP contribution in [-0.4, -0.2) is 56.2 Å². The van der Waals surface area contributed by atoms with Gasteiger partial charge >= 0.3 is 0 Å². The SMILES string of the molecule is CCCN1CCC(CNC(=NCC(C)Oc2ccccc2F)NCC)C1. The van der Waals surface area contributed by atoms with Crippen molar-refractivity contribution in [2.45, 2.75) is 39.7 Å². The summed E-state index contributed by atoms with van der Waals surface area (Å²) in [5.41, 5.74) is 0. The summed E-state index contributed by atoms with van der Waals surface area (Å²) in [5.74, 6) is 1.39. The Hall–Kier alpha value is -1.82. The van der Waals surface area contributed by atoms with Gasteiger partial charge in [-0.1, -0.05) is 19.1 Å². The van der Waals surface area contributed by atoms with Crippen LogP contribution in [0.2, 0.25) is 0 Å². The summed E-state index contributed by atoms with van der Waals surface area (Å²) in [6.45, 7) is 11.9. The van der Waals surface area contributed by atoms with Crippen LogP contribution in [-0.2, 0) is 0 Å². The van der Waals surface area contributed by atoms with Gasteiger partial charge in [-0.05, 0) is 57.8 Å². The summed E-state index contributed by atoms with van der Waals surface area (Å²) in [6, 6.07) is 6.47. The average molecular weight is 365 g/mol. The van der Waals surface area contributed by atoms with Gasteiger partial charge in [0.1, 0.15) is 6.10 Å². The number of hydrogen-bond donors (Lipinski definition) is 2. The monoisotopic (exact) mass is 364 g/mol. The maximum Gasteiger partial charge on any atom is 0.191 e. The minimum Gasteiger partial charge on any atom is -0.486 e. The van der Waals surface area contributed by atoms with E-state index in [-0.39, 0.29) is 17.7 Å². The third-order valence-corrected chi connectivity index (χ3v) is 4.48. The summed E-state index contributed by atoms with van der Waals surface area (Å²) in [5, 5.41) is 6.71. The lowest BCUT2D eigenvalue weighted by Gasteiger charge is -2.18. The van der Waals surface area contributed by atoms with Crippen LogP contribution in [0.4, 0.5) is 4.39 Å². The predicted molar refractivity (Wildman–Crippen MR) is 105 cm³/mol. The molecule has 146 valence electrons. The molecular formula is C20H33FN4O. The number of ether oxygens (including phenoxy) is 1. The van der Waals surface area contributed by atoms with Crippen LogP contribution in [0.15, 0.2) is 29.3 Å². The van der Waals surface area contributed by atoms with Crippen LogP contribution >= 0.6 is 0 Å². The first-order valence-electron chi connectivity index (χ1n) is 9.78. The minimum absolute atomic E-state index is 0.200. The molecule has 2 atom stereocenters. The van der Waals surface area contributed by atoms with Crippen LogP contribution in [0, 0.1) is 11.7 Å². The molecule has 0 aromatic heterocycles. The Labute approximate surface area is 157 Å². The van der Waals surface area contributed by atoms with Gasteiger partial charge in [0.25, 0.3) is 0 Å². The van der Waals surface area contributed by atoms with Gasteiger partial charge in [0.05, 0.1) is 6.54 Å². The van der Waals surface area contributed by atoms with Crippen LogP contribution in [0.1, 0.15) is 33.6 Å². The molecule has 1 aliphatic heterocycles. The van der Waals surface area contributed by atoms with Crippen molar-refractivity contribution in [2.75, 3.05) is 39.3 Å². The number of benzene rings is 1. The van der Waals surface area contributed by atoms with E-state index in [9.17, 15) is 4.39 Å². The molecule has 2 N–H and O–H groups in total. The van der Waals surface area contributed by atoms with Crippen molar-refractivity contribution >= 4 is 5.96 Å². The Bertz CT molecular complexity index is 566. The van der Waals surface area contributed by atoms with Crippen LogP contribution in [0.5, 0.6) is 5.75 Å². The van der Waals surface area contributed by atoms with Gasteiger partial charge in [0, 0.05) is 19.6 Å². The summed E-state index contributed by atoms with van der Waals surface area (Å²) in [6.07, 6.45) is 2.25. The number of rotatable bonds is 9. The minimum atomic E-state index is -0.341. The van der Waals surface area contributed by atoms with Crippen molar-refractivity contribution in [1.82, 2.24) is 15.5 Å². The number of aliphatic imine (C=N–C) groups is 1. The van der Waals surface area contributed by atoms with Gasteiger partial charge in [-0.3, -0.25) is 0 Å². The van der Waals surface area contributed by atoms with E-state index in [1.54, 1.807) is 18.2 Å². The zero-order chi connectivity index (χ0) is 18.8. The maximum atomic E-state index is 13.7. The smallest absolute Gasteiger partial charge is 0.191 e. The third kappa shape index (κ3) is 6.83. The molecule has 1 fully saturated rings. The zero-order valence-corrected chi connectivity index (χ0v) is 16.3. The lowest BCUT2D eigenvalue weighted by atomic mass is 10.1. The van der Waals surface area contributed by atoms with Crippen molar-refractivity contribution in [3.63, 3.8) is 0 Å². The van der Waals surface area contributed by atoms with Crippen molar-refractivity contribution in [3.8, 4) is 5.75 Å². The molecule has 1 aromatic rings. The number of para-hydroxylation sites is 1. The molecule has 0 saturated carbocycles. The van der Waals surface area contributed by atoms with Crippen molar-refractivity contribution in [2.24, 2.45) is 10.9 Å². The van der Waals surface area contributed by atoms with Gasteiger partial charge in [0.15, 0.2) is 17.5 Å². The highest BCUT2D eigenvalue weighted by atomic mass is 19.1. The van der Waals surface area contributed by atoms with E-state index in [0.29, 0.717) is 12.5 Å². The Kier molecular flexibility index (Phi) is 8.68. The number of hydrogen-bond acceptors (Lipinski definition) is 3. The van der Waals surface area contributed by atoms with Crippen LogP contribution in [0.3, 0.4) is 0 Å². The second kappa shape index (κ2) is 11.0. The number of halogens is 1. The molecule has 0 spiro atoms. The first kappa shape index (κ1) is 20.5. The van der Waals surface area contributed by atoms with Crippen molar-refractivity contribution in [3.05, 3.63) is 30.1 Å². The number of nitrogens with one attached hydrogen (secondary N) is 2. The van der Waals surface area contributed by atoms with Gasteiger partial charge in [-0.25, -0.2) is 9.38 Å². The lowest BCUT2D eigenvalue weighted by Crippen LogP contribution is -2.41. The van der Waals surface area contributed by atoms with Crippen molar-refractivity contribution in [1.29, 1.82) is 0 Å². The molecule has 0 aliphatic carbocycles. The van der Waals surface area contributed by atoms with Gasteiger partial charge in [-0.15, -0.1) is 0 Å². The molecular weight excluding hydrogens is 331 g/mol. The Morgan fingerprint density at radius 2 is 2.15 bits per heavy atom. The summed E-state index contributed by atoms with van der Waals surface area (Å²) < 4.78 is 19.3. The molecule has 2 unspecified atom stereocenters. The first-order chi connectivity index (χ1) is 12.6. The fourth-order valence-corrected chi connectivity index (χ4v) is 3.20. The first-order valence-corrected chi connectivity index (χ1v) is 9.78. The van der Waals surface area contributed by atoms with E-state index < -0.39 is 0 Å². The molecule has 1 aromatic carbocycles. The van der Waals surface area contributed by atoms with E-state index in [1.807, 2.05) is 6.92 Å². The normalized spacial score (nSPS) is 19.4. The Morgan fingerprint density at radius 1 is 1.35 bits per heavy atom. The summed E-state index contributed by atoms with van der Waals surface area (Å²) in [4.78, 5) is 7.12. The molecule has 1 aliphatic rings. The van der Waals surface area contributed by atoms with E-state index in [1.165, 1.54) is 32.0 Å². The van der Waals surface area contributed by atoms with E-state index in [2.05, 4.69) is 34.4 Å². The highest BCUT2D eigenvalue weighted by Gasteiger charge is 2.21. The predicted octanol–water partition coefficient (Wildman–Crippen LogP) is 2.88. The maximum absolute atomic E-state index is 13.7. The third-order valence-electron chi connectivity index (χ3n) is 4.48. The average Bonchev–Trinajstić information content (AvgIpc) is 3.07. The molecule has 1 heterocycles. The van der Waals surface area contributed by atoms with Gasteiger partial charge in [0.2, 0.25) is 0 Å². The summed E-state index contributed by atoms with van der Waals surface area (Å²) >= 11 is 0. The quantitative estimate of drug-likeness (QED) is 0.523. The standard InChI is InChI=1S/C20H33FN4O/c1-4-11-25-12-10-17(15-25)14-24-20(22-5-2)23-13-16(3)26-19-9-7-6-8-18(19)21/h6-9,16-17H,4-5,10-15H2,1-3H3,(H2,22,23,24). The molecule has 5 nitrogen and oxygen atoms in total.